The number of carbonyl (C=O) groups is 1. The number of aliphatic hydroxyl groups is 1. The van der Waals surface area contributed by atoms with E-state index in [-0.39, 0.29) is 18.2 Å². The SMILES string of the molecule is O=C(NC1Cc2ccccc2C1)N1CCC2(CC1)OCCC[C@@H]2O. The van der Waals surface area contributed by atoms with Crippen molar-refractivity contribution < 1.29 is 14.6 Å². The largest absolute Gasteiger partial charge is 0.390 e. The van der Waals surface area contributed by atoms with Crippen LogP contribution in [0.15, 0.2) is 24.3 Å². The molecule has 2 aliphatic heterocycles. The molecule has 1 aromatic rings. The van der Waals surface area contributed by atoms with E-state index in [9.17, 15) is 9.90 Å². The van der Waals surface area contributed by atoms with E-state index in [2.05, 4.69) is 29.6 Å². The summed E-state index contributed by atoms with van der Waals surface area (Å²) in [5.41, 5.74) is 2.27. The van der Waals surface area contributed by atoms with Gasteiger partial charge in [0.2, 0.25) is 0 Å². The molecule has 3 aliphatic rings. The highest BCUT2D eigenvalue weighted by atomic mass is 16.5. The molecular weight excluding hydrogens is 304 g/mol. The molecular formula is C19H26N2O3. The number of likely N-dealkylation sites (tertiary alicyclic amines) is 1. The first-order valence-corrected chi connectivity index (χ1v) is 9.10. The molecule has 0 aromatic heterocycles. The Morgan fingerprint density at radius 3 is 2.50 bits per heavy atom. The Labute approximate surface area is 143 Å². The second-order valence-corrected chi connectivity index (χ2v) is 7.38. The van der Waals surface area contributed by atoms with E-state index in [1.54, 1.807) is 0 Å². The fourth-order valence-electron chi connectivity index (χ4n) is 4.40. The van der Waals surface area contributed by atoms with Gasteiger partial charge in [0.1, 0.15) is 0 Å². The van der Waals surface area contributed by atoms with Gasteiger partial charge in [0, 0.05) is 25.7 Å². The molecule has 1 aliphatic carbocycles. The van der Waals surface area contributed by atoms with Crippen LogP contribution in [0, 0.1) is 0 Å². The van der Waals surface area contributed by atoms with Crippen LogP contribution in [0.2, 0.25) is 0 Å². The minimum absolute atomic E-state index is 0.0213. The minimum Gasteiger partial charge on any atom is -0.390 e. The molecule has 0 saturated carbocycles. The topological polar surface area (TPSA) is 61.8 Å². The van der Waals surface area contributed by atoms with E-state index in [1.807, 2.05) is 4.90 Å². The van der Waals surface area contributed by atoms with Crippen molar-refractivity contribution in [3.8, 4) is 0 Å². The summed E-state index contributed by atoms with van der Waals surface area (Å²) in [4.78, 5) is 14.4. The summed E-state index contributed by atoms with van der Waals surface area (Å²) < 4.78 is 5.91. The second kappa shape index (κ2) is 6.37. The molecule has 0 radical (unpaired) electrons. The Morgan fingerprint density at radius 1 is 1.21 bits per heavy atom. The van der Waals surface area contributed by atoms with Crippen molar-refractivity contribution in [1.29, 1.82) is 0 Å². The van der Waals surface area contributed by atoms with E-state index < -0.39 is 5.60 Å². The summed E-state index contributed by atoms with van der Waals surface area (Å²) in [5, 5.41) is 13.5. The highest BCUT2D eigenvalue weighted by Gasteiger charge is 2.44. The predicted molar refractivity (Wildman–Crippen MR) is 90.9 cm³/mol. The van der Waals surface area contributed by atoms with Gasteiger partial charge < -0.3 is 20.1 Å². The number of fused-ring (bicyclic) bond motifs is 1. The lowest BCUT2D eigenvalue weighted by Gasteiger charge is -2.46. The van der Waals surface area contributed by atoms with Gasteiger partial charge in [-0.3, -0.25) is 0 Å². The van der Waals surface area contributed by atoms with E-state index in [0.717, 1.165) is 45.1 Å². The number of amides is 2. The number of rotatable bonds is 1. The average molecular weight is 330 g/mol. The number of hydrogen-bond acceptors (Lipinski definition) is 3. The van der Waals surface area contributed by atoms with Gasteiger partial charge in [0.05, 0.1) is 11.7 Å². The fraction of sp³-hybridized carbons (Fsp3) is 0.632. The number of hydrogen-bond donors (Lipinski definition) is 2. The van der Waals surface area contributed by atoms with Crippen LogP contribution in [0.4, 0.5) is 4.79 Å². The molecule has 130 valence electrons. The molecule has 2 saturated heterocycles. The maximum absolute atomic E-state index is 12.6. The number of benzene rings is 1. The molecule has 4 rings (SSSR count). The number of nitrogens with one attached hydrogen (secondary N) is 1. The highest BCUT2D eigenvalue weighted by molar-refractivity contribution is 5.75. The van der Waals surface area contributed by atoms with Crippen LogP contribution >= 0.6 is 0 Å². The maximum atomic E-state index is 12.6. The number of urea groups is 1. The standard InChI is InChI=1S/C19H26N2O3/c22-17-6-3-11-24-19(17)7-9-21(10-8-19)18(23)20-16-12-14-4-1-2-5-15(14)13-16/h1-2,4-5,16-17,22H,3,6-13H2,(H,20,23)/t17-/m0/s1. The smallest absolute Gasteiger partial charge is 0.317 e. The third-order valence-electron chi connectivity index (χ3n) is 5.89. The number of carbonyl (C=O) groups excluding carboxylic acids is 1. The van der Waals surface area contributed by atoms with Gasteiger partial charge in [-0.1, -0.05) is 24.3 Å². The van der Waals surface area contributed by atoms with Crippen LogP contribution in [-0.4, -0.2) is 53.5 Å². The first-order chi connectivity index (χ1) is 11.7. The van der Waals surface area contributed by atoms with E-state index in [4.69, 9.17) is 4.74 Å². The Bertz CT molecular complexity index is 585. The zero-order valence-electron chi connectivity index (χ0n) is 14.0. The first-order valence-electron chi connectivity index (χ1n) is 9.10. The van der Waals surface area contributed by atoms with Crippen LogP contribution in [0.3, 0.4) is 0 Å². The molecule has 2 fully saturated rings. The second-order valence-electron chi connectivity index (χ2n) is 7.38. The monoisotopic (exact) mass is 330 g/mol. The molecule has 24 heavy (non-hydrogen) atoms. The van der Waals surface area contributed by atoms with Gasteiger partial charge in [-0.2, -0.15) is 0 Å². The molecule has 2 amide bonds. The summed E-state index contributed by atoms with van der Waals surface area (Å²) in [6.07, 6.45) is 4.64. The quantitative estimate of drug-likeness (QED) is 0.826. The van der Waals surface area contributed by atoms with E-state index in [0.29, 0.717) is 13.1 Å². The Morgan fingerprint density at radius 2 is 1.88 bits per heavy atom. The minimum atomic E-state index is -0.418. The Kier molecular flexibility index (Phi) is 4.22. The van der Waals surface area contributed by atoms with Crippen LogP contribution in [0.5, 0.6) is 0 Å². The van der Waals surface area contributed by atoms with Gasteiger partial charge in [-0.25, -0.2) is 4.79 Å². The average Bonchev–Trinajstić information content (AvgIpc) is 3.00. The van der Waals surface area contributed by atoms with Gasteiger partial charge in [0.25, 0.3) is 0 Å². The summed E-state index contributed by atoms with van der Waals surface area (Å²) in [7, 11) is 0. The lowest BCUT2D eigenvalue weighted by atomic mass is 9.82. The van der Waals surface area contributed by atoms with E-state index in [1.165, 1.54) is 11.1 Å². The first kappa shape index (κ1) is 15.9. The normalized spacial score (nSPS) is 26.4. The van der Waals surface area contributed by atoms with Gasteiger partial charge in [-0.05, 0) is 49.7 Å². The molecule has 1 spiro atoms. The van der Waals surface area contributed by atoms with Gasteiger partial charge in [0.15, 0.2) is 0 Å². The molecule has 0 unspecified atom stereocenters. The summed E-state index contributed by atoms with van der Waals surface area (Å²) in [5.74, 6) is 0. The molecule has 1 aromatic carbocycles. The van der Waals surface area contributed by atoms with Gasteiger partial charge in [-0.15, -0.1) is 0 Å². The molecule has 5 heteroatoms. The number of aliphatic hydroxyl groups excluding tert-OH is 1. The van der Waals surface area contributed by atoms with Crippen molar-refractivity contribution in [3.05, 3.63) is 35.4 Å². The predicted octanol–water partition coefficient (Wildman–Crippen LogP) is 1.87. The third-order valence-corrected chi connectivity index (χ3v) is 5.89. The number of nitrogens with zero attached hydrogens (tertiary/aromatic N) is 1. The van der Waals surface area contributed by atoms with Gasteiger partial charge >= 0.3 is 6.03 Å². The Balaban J connectivity index is 1.31. The number of ether oxygens (including phenoxy) is 1. The fourth-order valence-corrected chi connectivity index (χ4v) is 4.40. The van der Waals surface area contributed by atoms with Crippen molar-refractivity contribution in [3.63, 3.8) is 0 Å². The van der Waals surface area contributed by atoms with Crippen molar-refractivity contribution >= 4 is 6.03 Å². The molecule has 2 heterocycles. The summed E-state index contributed by atoms with van der Waals surface area (Å²) >= 11 is 0. The summed E-state index contributed by atoms with van der Waals surface area (Å²) in [6.45, 7) is 2.04. The zero-order valence-corrected chi connectivity index (χ0v) is 14.0. The summed E-state index contributed by atoms with van der Waals surface area (Å²) in [6, 6.07) is 8.63. The number of piperidine rings is 1. The maximum Gasteiger partial charge on any atom is 0.317 e. The van der Waals surface area contributed by atoms with Crippen molar-refractivity contribution in [2.45, 2.75) is 56.3 Å². The molecule has 0 bridgehead atoms. The molecule has 2 N–H and O–H groups in total. The van der Waals surface area contributed by atoms with Crippen molar-refractivity contribution in [1.82, 2.24) is 10.2 Å². The molecule has 1 atom stereocenters. The van der Waals surface area contributed by atoms with Crippen LogP contribution in [0.25, 0.3) is 0 Å². The lowest BCUT2D eigenvalue weighted by molar-refractivity contribution is -0.173. The lowest BCUT2D eigenvalue weighted by Crippen LogP contribution is -2.58. The zero-order chi connectivity index (χ0) is 16.6. The van der Waals surface area contributed by atoms with E-state index >= 15 is 0 Å². The Hall–Kier alpha value is -1.59. The van der Waals surface area contributed by atoms with Crippen molar-refractivity contribution in [2.24, 2.45) is 0 Å². The van der Waals surface area contributed by atoms with Crippen LogP contribution < -0.4 is 5.32 Å². The molecule has 5 nitrogen and oxygen atoms in total. The highest BCUT2D eigenvalue weighted by Crippen LogP contribution is 2.35. The van der Waals surface area contributed by atoms with Crippen LogP contribution in [-0.2, 0) is 17.6 Å². The van der Waals surface area contributed by atoms with Crippen LogP contribution in [0.1, 0.15) is 36.8 Å². The van der Waals surface area contributed by atoms with Crippen molar-refractivity contribution in [2.75, 3.05) is 19.7 Å². The third kappa shape index (κ3) is 2.91.